The number of benzene rings is 2. The molecule has 0 bridgehead atoms. The van der Waals surface area contributed by atoms with Crippen molar-refractivity contribution in [1.82, 2.24) is 15.5 Å². The quantitative estimate of drug-likeness (QED) is 0.587. The number of carbonyl (C=O) groups excluding carboxylic acids is 2. The molecule has 1 aliphatic rings. The van der Waals surface area contributed by atoms with Gasteiger partial charge in [-0.2, -0.15) is 0 Å². The Morgan fingerprint density at radius 3 is 2.47 bits per heavy atom. The first-order valence-corrected chi connectivity index (χ1v) is 10.9. The molecule has 172 valence electrons. The molecule has 0 aliphatic carbocycles. The van der Waals surface area contributed by atoms with E-state index < -0.39 is 0 Å². The van der Waals surface area contributed by atoms with Crippen molar-refractivity contribution in [2.75, 3.05) is 45.3 Å². The highest BCUT2D eigenvalue weighted by molar-refractivity contribution is 5.96. The molecule has 2 aromatic rings. The molecule has 0 saturated carbocycles. The van der Waals surface area contributed by atoms with Crippen LogP contribution < -0.4 is 20.7 Å². The van der Waals surface area contributed by atoms with Crippen LogP contribution in [0.1, 0.15) is 35.8 Å². The van der Waals surface area contributed by atoms with E-state index in [4.69, 9.17) is 9.47 Å². The van der Waals surface area contributed by atoms with Crippen LogP contribution >= 0.6 is 0 Å². The predicted molar refractivity (Wildman–Crippen MR) is 124 cm³/mol. The van der Waals surface area contributed by atoms with E-state index in [0.717, 1.165) is 24.4 Å². The number of amides is 3. The fourth-order valence-electron chi connectivity index (χ4n) is 3.63. The summed E-state index contributed by atoms with van der Waals surface area (Å²) in [4.78, 5) is 27.1. The molecule has 0 radical (unpaired) electrons. The predicted octanol–water partition coefficient (Wildman–Crippen LogP) is 3.03. The summed E-state index contributed by atoms with van der Waals surface area (Å²) in [5.74, 6) is 0.606. The van der Waals surface area contributed by atoms with Crippen molar-refractivity contribution in [1.29, 1.82) is 0 Å². The average molecular weight is 441 g/mol. The van der Waals surface area contributed by atoms with Crippen LogP contribution in [0.4, 0.5) is 10.5 Å². The van der Waals surface area contributed by atoms with Gasteiger partial charge in [-0.05, 0) is 49.7 Å². The van der Waals surface area contributed by atoms with Crippen LogP contribution in [-0.2, 0) is 4.74 Å². The lowest BCUT2D eigenvalue weighted by Gasteiger charge is -2.35. The number of nitrogens with one attached hydrogen (secondary N) is 3. The molecule has 1 unspecified atom stereocenters. The summed E-state index contributed by atoms with van der Waals surface area (Å²) in [6, 6.07) is 14.6. The molecule has 1 saturated heterocycles. The van der Waals surface area contributed by atoms with E-state index in [1.165, 1.54) is 0 Å². The molecular weight excluding hydrogens is 408 g/mol. The van der Waals surface area contributed by atoms with Gasteiger partial charge in [0.1, 0.15) is 5.75 Å². The molecule has 32 heavy (non-hydrogen) atoms. The van der Waals surface area contributed by atoms with Gasteiger partial charge >= 0.3 is 6.03 Å². The molecule has 8 heteroatoms. The molecule has 0 spiro atoms. The topological polar surface area (TPSA) is 91.9 Å². The number of anilines is 1. The summed E-state index contributed by atoms with van der Waals surface area (Å²) in [7, 11) is 1.64. The zero-order chi connectivity index (χ0) is 22.9. The van der Waals surface area contributed by atoms with Gasteiger partial charge in [-0.3, -0.25) is 9.69 Å². The molecule has 1 aliphatic heterocycles. The molecule has 3 N–H and O–H groups in total. The molecule has 8 nitrogen and oxygen atoms in total. The maximum Gasteiger partial charge on any atom is 0.319 e. The first-order valence-electron chi connectivity index (χ1n) is 10.9. The summed E-state index contributed by atoms with van der Waals surface area (Å²) < 4.78 is 10.8. The SMILES string of the molecule is COc1ccc(C(CNC(=O)c2cccc(NC(=O)NC(C)C)c2)N2CCOCC2)cc1. The third-order valence-corrected chi connectivity index (χ3v) is 5.25. The number of methoxy groups -OCH3 is 1. The Bertz CT molecular complexity index is 895. The number of ether oxygens (including phenoxy) is 2. The second-order valence-electron chi connectivity index (χ2n) is 7.98. The minimum absolute atomic E-state index is 0.0203. The number of nitrogens with zero attached hydrogens (tertiary/aromatic N) is 1. The van der Waals surface area contributed by atoms with Crippen molar-refractivity contribution >= 4 is 17.6 Å². The summed E-state index contributed by atoms with van der Waals surface area (Å²) >= 11 is 0. The Balaban J connectivity index is 1.67. The largest absolute Gasteiger partial charge is 0.497 e. The highest BCUT2D eigenvalue weighted by atomic mass is 16.5. The molecule has 0 aromatic heterocycles. The Morgan fingerprint density at radius 1 is 1.09 bits per heavy atom. The first-order chi connectivity index (χ1) is 15.5. The number of morpholine rings is 1. The lowest BCUT2D eigenvalue weighted by molar-refractivity contribution is 0.0162. The first kappa shape index (κ1) is 23.6. The molecule has 3 amide bonds. The van der Waals surface area contributed by atoms with Crippen LogP contribution in [0.5, 0.6) is 5.75 Å². The molecule has 2 aromatic carbocycles. The van der Waals surface area contributed by atoms with Crippen molar-refractivity contribution in [2.45, 2.75) is 25.9 Å². The molecule has 1 fully saturated rings. The average Bonchev–Trinajstić information content (AvgIpc) is 2.80. The monoisotopic (exact) mass is 440 g/mol. The fourth-order valence-corrected chi connectivity index (χ4v) is 3.63. The van der Waals surface area contributed by atoms with E-state index >= 15 is 0 Å². The maximum atomic E-state index is 12.9. The van der Waals surface area contributed by atoms with Crippen molar-refractivity contribution < 1.29 is 19.1 Å². The van der Waals surface area contributed by atoms with Crippen LogP contribution in [0, 0.1) is 0 Å². The van der Waals surface area contributed by atoms with E-state index in [1.807, 2.05) is 38.1 Å². The minimum Gasteiger partial charge on any atom is -0.497 e. The third-order valence-electron chi connectivity index (χ3n) is 5.25. The van der Waals surface area contributed by atoms with Gasteiger partial charge in [0.2, 0.25) is 0 Å². The van der Waals surface area contributed by atoms with E-state index in [-0.39, 0.29) is 24.0 Å². The van der Waals surface area contributed by atoms with Crippen LogP contribution in [-0.4, -0.2) is 62.8 Å². The van der Waals surface area contributed by atoms with Gasteiger partial charge in [0.25, 0.3) is 5.91 Å². The number of rotatable bonds is 8. The standard InChI is InChI=1S/C24H32N4O4/c1-17(2)26-24(30)27-20-6-4-5-19(15-20)23(29)25-16-22(28-11-13-32-14-12-28)18-7-9-21(31-3)10-8-18/h4-10,15,17,22H,11-14,16H2,1-3H3,(H,25,29)(H2,26,27,30). The third kappa shape index (κ3) is 6.70. The lowest BCUT2D eigenvalue weighted by Crippen LogP contribution is -2.43. The normalized spacial score (nSPS) is 15.1. The smallest absolute Gasteiger partial charge is 0.319 e. The van der Waals surface area contributed by atoms with E-state index in [1.54, 1.807) is 31.4 Å². The molecule has 3 rings (SSSR count). The summed E-state index contributed by atoms with van der Waals surface area (Å²) in [5, 5.41) is 8.58. The van der Waals surface area contributed by atoms with Crippen molar-refractivity contribution in [2.24, 2.45) is 0 Å². The summed E-state index contributed by atoms with van der Waals surface area (Å²) in [6.45, 7) is 7.18. The zero-order valence-electron chi connectivity index (χ0n) is 18.9. The van der Waals surface area contributed by atoms with Crippen LogP contribution in [0.2, 0.25) is 0 Å². The van der Waals surface area contributed by atoms with E-state index in [0.29, 0.717) is 31.0 Å². The number of urea groups is 1. The van der Waals surface area contributed by atoms with Gasteiger partial charge in [0.15, 0.2) is 0 Å². The highest BCUT2D eigenvalue weighted by Crippen LogP contribution is 2.24. The van der Waals surface area contributed by atoms with E-state index in [2.05, 4.69) is 20.9 Å². The van der Waals surface area contributed by atoms with Gasteiger partial charge in [-0.15, -0.1) is 0 Å². The van der Waals surface area contributed by atoms with Crippen molar-refractivity contribution in [3.8, 4) is 5.75 Å². The zero-order valence-corrected chi connectivity index (χ0v) is 18.9. The minimum atomic E-state index is -0.301. The lowest BCUT2D eigenvalue weighted by atomic mass is 10.0. The van der Waals surface area contributed by atoms with Gasteiger partial charge < -0.3 is 25.4 Å². The van der Waals surface area contributed by atoms with Gasteiger partial charge in [0.05, 0.1) is 26.4 Å². The van der Waals surface area contributed by atoms with Crippen LogP contribution in [0.3, 0.4) is 0 Å². The van der Waals surface area contributed by atoms with Gasteiger partial charge in [0, 0.05) is 36.9 Å². The van der Waals surface area contributed by atoms with Crippen molar-refractivity contribution in [3.63, 3.8) is 0 Å². The molecule has 1 atom stereocenters. The van der Waals surface area contributed by atoms with Crippen LogP contribution in [0.25, 0.3) is 0 Å². The van der Waals surface area contributed by atoms with Gasteiger partial charge in [-0.1, -0.05) is 18.2 Å². The Hall–Kier alpha value is -3.10. The van der Waals surface area contributed by atoms with E-state index in [9.17, 15) is 9.59 Å². The fraction of sp³-hybridized carbons (Fsp3) is 0.417. The Morgan fingerprint density at radius 2 is 1.81 bits per heavy atom. The molecule has 1 heterocycles. The Labute approximate surface area is 189 Å². The van der Waals surface area contributed by atoms with Crippen LogP contribution in [0.15, 0.2) is 48.5 Å². The maximum absolute atomic E-state index is 12.9. The molecular formula is C24H32N4O4. The number of hydrogen-bond donors (Lipinski definition) is 3. The number of hydrogen-bond acceptors (Lipinski definition) is 5. The van der Waals surface area contributed by atoms with Gasteiger partial charge in [-0.25, -0.2) is 4.79 Å². The second kappa shape index (κ2) is 11.5. The number of carbonyl (C=O) groups is 2. The highest BCUT2D eigenvalue weighted by Gasteiger charge is 2.23. The summed E-state index contributed by atoms with van der Waals surface area (Å²) in [6.07, 6.45) is 0. The Kier molecular flexibility index (Phi) is 8.47. The van der Waals surface area contributed by atoms with Crippen molar-refractivity contribution in [3.05, 3.63) is 59.7 Å². The summed E-state index contributed by atoms with van der Waals surface area (Å²) in [5.41, 5.74) is 2.16. The second-order valence-corrected chi connectivity index (χ2v) is 7.98.